The number of amides is 2. The molecular formula is C21H26FN5O2. The molecule has 7 nitrogen and oxygen atoms in total. The number of carbonyl (C=O) groups excluding carboxylic acids is 2. The molecule has 1 aliphatic heterocycles. The summed E-state index contributed by atoms with van der Waals surface area (Å²) in [5.41, 5.74) is 0.805. The number of rotatable bonds is 4. The van der Waals surface area contributed by atoms with Crippen LogP contribution in [0.15, 0.2) is 18.2 Å². The predicted octanol–water partition coefficient (Wildman–Crippen LogP) is 2.48. The minimum atomic E-state index is -0.401. The van der Waals surface area contributed by atoms with E-state index in [4.69, 9.17) is 0 Å². The van der Waals surface area contributed by atoms with Gasteiger partial charge in [0.1, 0.15) is 11.6 Å². The molecule has 2 aromatic rings. The van der Waals surface area contributed by atoms with Gasteiger partial charge in [-0.25, -0.2) is 9.37 Å². The van der Waals surface area contributed by atoms with E-state index in [1.54, 1.807) is 24.0 Å². The standard InChI is InChI=1S/C21H26FN5O2/c1-12-7-8-15(9-17(12)22)21(29)27-10-16(19-23-13(2)25-26-19)18(11-27)24-20(28)14-5-3-4-6-14/h7-9,14,16,18H,3-6,10-11H2,1-2H3,(H,24,28)(H,23,25,26)/t16-,18-/m1/s1. The maximum atomic E-state index is 13.9. The monoisotopic (exact) mass is 399 g/mol. The van der Waals surface area contributed by atoms with Gasteiger partial charge in [0.25, 0.3) is 5.91 Å². The molecule has 2 N–H and O–H groups in total. The fourth-order valence-electron chi connectivity index (χ4n) is 4.30. The number of aromatic nitrogens is 3. The Labute approximate surface area is 169 Å². The Morgan fingerprint density at radius 1 is 1.21 bits per heavy atom. The Bertz CT molecular complexity index is 922. The van der Waals surface area contributed by atoms with Crippen molar-refractivity contribution in [3.05, 3.63) is 46.8 Å². The number of benzene rings is 1. The van der Waals surface area contributed by atoms with Crippen LogP contribution in [0.3, 0.4) is 0 Å². The lowest BCUT2D eigenvalue weighted by atomic mass is 10.0. The van der Waals surface area contributed by atoms with Crippen LogP contribution in [-0.2, 0) is 4.79 Å². The Balaban J connectivity index is 1.54. The van der Waals surface area contributed by atoms with E-state index < -0.39 is 5.82 Å². The number of H-pyrrole nitrogens is 1. The highest BCUT2D eigenvalue weighted by Gasteiger charge is 2.40. The molecule has 0 spiro atoms. The summed E-state index contributed by atoms with van der Waals surface area (Å²) < 4.78 is 13.9. The van der Waals surface area contributed by atoms with E-state index in [-0.39, 0.29) is 29.7 Å². The fourth-order valence-corrected chi connectivity index (χ4v) is 4.30. The van der Waals surface area contributed by atoms with Crippen molar-refractivity contribution in [3.63, 3.8) is 0 Å². The smallest absolute Gasteiger partial charge is 0.254 e. The first kappa shape index (κ1) is 19.5. The predicted molar refractivity (Wildman–Crippen MR) is 105 cm³/mol. The van der Waals surface area contributed by atoms with E-state index in [2.05, 4.69) is 20.5 Å². The summed E-state index contributed by atoms with van der Waals surface area (Å²) in [5.74, 6) is 0.502. The second-order valence-electron chi connectivity index (χ2n) is 8.16. The number of nitrogens with zero attached hydrogens (tertiary/aromatic N) is 3. The molecule has 2 amide bonds. The first-order chi connectivity index (χ1) is 13.9. The van der Waals surface area contributed by atoms with Crippen molar-refractivity contribution in [2.24, 2.45) is 5.92 Å². The fraction of sp³-hybridized carbons (Fsp3) is 0.524. The number of aromatic amines is 1. The summed E-state index contributed by atoms with van der Waals surface area (Å²) >= 11 is 0. The van der Waals surface area contributed by atoms with Crippen LogP contribution in [0.1, 0.15) is 59.2 Å². The van der Waals surface area contributed by atoms with Gasteiger partial charge in [0.2, 0.25) is 5.91 Å². The normalized spacial score (nSPS) is 22.2. The van der Waals surface area contributed by atoms with Gasteiger partial charge < -0.3 is 10.2 Å². The van der Waals surface area contributed by atoms with E-state index in [0.29, 0.717) is 35.9 Å². The third kappa shape index (κ3) is 4.02. The molecule has 2 fully saturated rings. The molecule has 1 aliphatic carbocycles. The minimum absolute atomic E-state index is 0.0421. The largest absolute Gasteiger partial charge is 0.351 e. The van der Waals surface area contributed by atoms with Gasteiger partial charge in [-0.2, -0.15) is 5.10 Å². The Kier molecular flexibility index (Phi) is 5.34. The molecule has 4 rings (SSSR count). The van der Waals surface area contributed by atoms with Gasteiger partial charge in [-0.05, 0) is 44.4 Å². The van der Waals surface area contributed by atoms with Gasteiger partial charge in [-0.3, -0.25) is 14.7 Å². The number of nitrogens with one attached hydrogen (secondary N) is 2. The first-order valence-corrected chi connectivity index (χ1v) is 10.2. The molecule has 0 unspecified atom stereocenters. The third-order valence-electron chi connectivity index (χ3n) is 6.03. The molecule has 2 heterocycles. The molecule has 0 radical (unpaired) electrons. The highest BCUT2D eigenvalue weighted by atomic mass is 19.1. The van der Waals surface area contributed by atoms with Crippen LogP contribution < -0.4 is 5.32 Å². The summed E-state index contributed by atoms with van der Waals surface area (Å²) in [6.45, 7) is 4.21. The lowest BCUT2D eigenvalue weighted by Crippen LogP contribution is -2.43. The van der Waals surface area contributed by atoms with Crippen LogP contribution in [-0.4, -0.2) is 51.0 Å². The van der Waals surface area contributed by atoms with Crippen LogP contribution >= 0.6 is 0 Å². The van der Waals surface area contributed by atoms with E-state index in [1.165, 1.54) is 6.07 Å². The van der Waals surface area contributed by atoms with Gasteiger partial charge in [-0.1, -0.05) is 18.9 Å². The van der Waals surface area contributed by atoms with Crippen LogP contribution in [0.4, 0.5) is 4.39 Å². The number of likely N-dealkylation sites (tertiary alicyclic amines) is 1. The molecule has 154 valence electrons. The number of halogens is 1. The van der Waals surface area contributed by atoms with Crippen molar-refractivity contribution >= 4 is 11.8 Å². The summed E-state index contributed by atoms with van der Waals surface area (Å²) in [7, 11) is 0. The van der Waals surface area contributed by atoms with E-state index in [9.17, 15) is 14.0 Å². The Morgan fingerprint density at radius 3 is 2.62 bits per heavy atom. The lowest BCUT2D eigenvalue weighted by molar-refractivity contribution is -0.125. The van der Waals surface area contributed by atoms with Crippen molar-refractivity contribution in [1.82, 2.24) is 25.4 Å². The van der Waals surface area contributed by atoms with Crippen molar-refractivity contribution in [2.75, 3.05) is 13.1 Å². The zero-order valence-electron chi connectivity index (χ0n) is 16.7. The molecule has 29 heavy (non-hydrogen) atoms. The van der Waals surface area contributed by atoms with Crippen LogP contribution in [0.2, 0.25) is 0 Å². The van der Waals surface area contributed by atoms with Crippen molar-refractivity contribution in [1.29, 1.82) is 0 Å². The molecule has 1 aromatic carbocycles. The van der Waals surface area contributed by atoms with Crippen LogP contribution in [0.5, 0.6) is 0 Å². The first-order valence-electron chi connectivity index (χ1n) is 10.2. The zero-order valence-corrected chi connectivity index (χ0v) is 16.7. The highest BCUT2D eigenvalue weighted by molar-refractivity contribution is 5.94. The Morgan fingerprint density at radius 2 is 1.97 bits per heavy atom. The molecule has 2 atom stereocenters. The number of hydrogen-bond donors (Lipinski definition) is 2. The van der Waals surface area contributed by atoms with Crippen molar-refractivity contribution in [2.45, 2.75) is 51.5 Å². The van der Waals surface area contributed by atoms with Crippen molar-refractivity contribution < 1.29 is 14.0 Å². The van der Waals surface area contributed by atoms with Gasteiger partial charge >= 0.3 is 0 Å². The zero-order chi connectivity index (χ0) is 20.5. The van der Waals surface area contributed by atoms with Gasteiger partial charge in [0, 0.05) is 24.6 Å². The second kappa shape index (κ2) is 7.93. The average Bonchev–Trinajstić information content (AvgIpc) is 3.44. The quantitative estimate of drug-likeness (QED) is 0.826. The molecular weight excluding hydrogens is 373 g/mol. The van der Waals surface area contributed by atoms with Crippen LogP contribution in [0, 0.1) is 25.6 Å². The van der Waals surface area contributed by atoms with E-state index >= 15 is 0 Å². The summed E-state index contributed by atoms with van der Waals surface area (Å²) in [4.78, 5) is 31.8. The molecule has 1 aromatic heterocycles. The number of hydrogen-bond acceptors (Lipinski definition) is 4. The molecule has 2 aliphatic rings. The number of carbonyl (C=O) groups is 2. The average molecular weight is 399 g/mol. The molecule has 0 bridgehead atoms. The highest BCUT2D eigenvalue weighted by Crippen LogP contribution is 2.29. The summed E-state index contributed by atoms with van der Waals surface area (Å²) in [6.07, 6.45) is 3.98. The molecule has 1 saturated carbocycles. The second-order valence-corrected chi connectivity index (χ2v) is 8.16. The van der Waals surface area contributed by atoms with Gasteiger partial charge in [-0.15, -0.1) is 0 Å². The third-order valence-corrected chi connectivity index (χ3v) is 6.03. The van der Waals surface area contributed by atoms with Gasteiger partial charge in [0.15, 0.2) is 5.82 Å². The van der Waals surface area contributed by atoms with Crippen LogP contribution in [0.25, 0.3) is 0 Å². The maximum absolute atomic E-state index is 13.9. The summed E-state index contributed by atoms with van der Waals surface area (Å²) in [5, 5.41) is 10.2. The maximum Gasteiger partial charge on any atom is 0.254 e. The van der Waals surface area contributed by atoms with Gasteiger partial charge in [0.05, 0.1) is 12.0 Å². The van der Waals surface area contributed by atoms with E-state index in [1.807, 2.05) is 6.92 Å². The lowest BCUT2D eigenvalue weighted by Gasteiger charge is -2.20. The minimum Gasteiger partial charge on any atom is -0.351 e. The molecule has 8 heteroatoms. The van der Waals surface area contributed by atoms with Crippen molar-refractivity contribution in [3.8, 4) is 0 Å². The number of aryl methyl sites for hydroxylation is 2. The van der Waals surface area contributed by atoms with E-state index in [0.717, 1.165) is 25.7 Å². The summed E-state index contributed by atoms with van der Waals surface area (Å²) in [6, 6.07) is 4.25. The SMILES string of the molecule is Cc1nc([C@@H]2CN(C(=O)c3ccc(C)c(F)c3)C[C@H]2NC(=O)C2CCCC2)n[nH]1. The topological polar surface area (TPSA) is 91.0 Å². The molecule has 1 saturated heterocycles. The Hall–Kier alpha value is -2.77.